The van der Waals surface area contributed by atoms with Crippen LogP contribution in [0.15, 0.2) is 54.9 Å². The Labute approximate surface area is 229 Å². The molecule has 0 aliphatic rings. The maximum atomic E-state index is 13.7. The zero-order chi connectivity index (χ0) is 28.2. The summed E-state index contributed by atoms with van der Waals surface area (Å²) >= 11 is 0. The van der Waals surface area contributed by atoms with Gasteiger partial charge in [-0.3, -0.25) is 9.12 Å². The van der Waals surface area contributed by atoms with E-state index < -0.39 is 21.4 Å². The number of methoxy groups -OCH3 is 3. The van der Waals surface area contributed by atoms with Gasteiger partial charge in [-0.1, -0.05) is 6.07 Å². The molecule has 0 bridgehead atoms. The highest BCUT2D eigenvalue weighted by atomic mass is 32.2. The Bertz CT molecular complexity index is 2000. The van der Waals surface area contributed by atoms with Gasteiger partial charge >= 0.3 is 0 Å². The van der Waals surface area contributed by atoms with Crippen molar-refractivity contribution < 1.29 is 22.6 Å². The van der Waals surface area contributed by atoms with Crippen LogP contribution >= 0.6 is 0 Å². The Morgan fingerprint density at radius 2 is 1.68 bits per heavy atom. The summed E-state index contributed by atoms with van der Waals surface area (Å²) in [6.45, 7) is 3.39. The highest BCUT2D eigenvalue weighted by Gasteiger charge is 2.34. The van der Waals surface area contributed by atoms with Gasteiger partial charge in [0.1, 0.15) is 28.4 Å². The molecule has 6 rings (SSSR count). The van der Waals surface area contributed by atoms with Gasteiger partial charge in [0, 0.05) is 24.9 Å². The summed E-state index contributed by atoms with van der Waals surface area (Å²) in [5, 5.41) is 8.54. The van der Waals surface area contributed by atoms with Crippen LogP contribution in [0.1, 0.15) is 24.4 Å². The topological polar surface area (TPSA) is 134 Å². The minimum absolute atomic E-state index is 0.0152. The number of nitrogens with zero attached hydrogens (tertiary/aromatic N) is 6. The summed E-state index contributed by atoms with van der Waals surface area (Å²) in [6.07, 6.45) is 2.32. The third-order valence-corrected chi connectivity index (χ3v) is 8.71. The van der Waals surface area contributed by atoms with E-state index in [1.807, 2.05) is 47.7 Å². The fourth-order valence-corrected chi connectivity index (χ4v) is 6.12. The molecule has 0 fully saturated rings. The van der Waals surface area contributed by atoms with Crippen molar-refractivity contribution in [2.24, 2.45) is 0 Å². The van der Waals surface area contributed by atoms with Gasteiger partial charge in [-0.05, 0) is 55.8 Å². The maximum absolute atomic E-state index is 13.7. The summed E-state index contributed by atoms with van der Waals surface area (Å²) in [5.41, 5.74) is 4.34. The van der Waals surface area contributed by atoms with Gasteiger partial charge in [-0.2, -0.15) is 0 Å². The van der Waals surface area contributed by atoms with Crippen molar-refractivity contribution in [1.82, 2.24) is 29.0 Å². The van der Waals surface area contributed by atoms with Gasteiger partial charge in [0.05, 0.1) is 30.8 Å². The zero-order valence-electron chi connectivity index (χ0n) is 22.5. The lowest BCUT2D eigenvalue weighted by Crippen LogP contribution is -2.33. The Balaban J connectivity index is 1.55. The van der Waals surface area contributed by atoms with Crippen molar-refractivity contribution >= 4 is 49.1 Å². The molecule has 0 aliphatic carbocycles. The van der Waals surface area contributed by atoms with Crippen molar-refractivity contribution in [2.75, 3.05) is 26.1 Å². The summed E-state index contributed by atoms with van der Waals surface area (Å²) < 4.78 is 50.3. The third kappa shape index (κ3) is 3.97. The highest BCUT2D eigenvalue weighted by Crippen LogP contribution is 2.36. The molecule has 2 atom stereocenters. The number of aromatic nitrogens is 6. The van der Waals surface area contributed by atoms with Crippen molar-refractivity contribution in [1.29, 1.82) is 0 Å². The minimum atomic E-state index is -4.06. The Hall–Kier alpha value is -4.49. The lowest BCUT2D eigenvalue weighted by atomic mass is 10.2. The molecule has 4 aromatic heterocycles. The standard InChI is InChI=1S/C27H27N7O5S/c1-15-13-28-25(29-14-15)24(39-5)16(2)40(35,36)32-27-31-30-26-21-12-17-11-18(37-3)9-10-19(17)33(21)20-7-6-8-22(38-4)23(20)34(26)27/h6-14,16,24H,1-5H3,(H,31,32)/t16-,24-/m0/s1. The van der Waals surface area contributed by atoms with Crippen molar-refractivity contribution in [3.63, 3.8) is 0 Å². The van der Waals surface area contributed by atoms with Crippen LogP contribution in [-0.2, 0) is 14.8 Å². The smallest absolute Gasteiger partial charge is 0.243 e. The SMILES string of the molecule is COc1ccc2c(c1)cc1c3nnc(NS(=O)(=O)[C@@H](C)[C@H](OC)c4ncc(C)cn4)n3c3c(OC)cccc3n21. The van der Waals surface area contributed by atoms with Crippen molar-refractivity contribution in [2.45, 2.75) is 25.2 Å². The quantitative estimate of drug-likeness (QED) is 0.293. The number of nitrogens with one attached hydrogen (secondary N) is 1. The first-order valence-electron chi connectivity index (χ1n) is 12.4. The molecule has 12 nitrogen and oxygen atoms in total. The zero-order valence-corrected chi connectivity index (χ0v) is 23.3. The molecule has 206 valence electrons. The number of ether oxygens (including phenoxy) is 3. The number of fused-ring (bicyclic) bond motifs is 8. The van der Waals surface area contributed by atoms with Crippen LogP contribution in [0.5, 0.6) is 11.5 Å². The molecule has 0 amide bonds. The molecule has 0 aliphatic heterocycles. The van der Waals surface area contributed by atoms with Crippen LogP contribution < -0.4 is 14.2 Å². The van der Waals surface area contributed by atoms with Crippen molar-refractivity contribution in [3.8, 4) is 11.5 Å². The predicted octanol–water partition coefficient (Wildman–Crippen LogP) is 3.92. The average Bonchev–Trinajstić information content (AvgIpc) is 3.55. The summed E-state index contributed by atoms with van der Waals surface area (Å²) in [6, 6.07) is 13.4. The van der Waals surface area contributed by atoms with Gasteiger partial charge in [0.15, 0.2) is 11.5 Å². The average molecular weight is 562 g/mol. The molecule has 6 aromatic rings. The van der Waals surface area contributed by atoms with Crippen LogP contribution in [0.25, 0.3) is 33.1 Å². The highest BCUT2D eigenvalue weighted by molar-refractivity contribution is 7.93. The van der Waals surface area contributed by atoms with E-state index in [9.17, 15) is 8.42 Å². The first-order valence-corrected chi connectivity index (χ1v) is 14.0. The molecule has 0 saturated carbocycles. The molecule has 1 N–H and O–H groups in total. The third-order valence-electron chi connectivity index (χ3n) is 7.02. The second-order valence-corrected chi connectivity index (χ2v) is 11.5. The van der Waals surface area contributed by atoms with E-state index >= 15 is 0 Å². The van der Waals surface area contributed by atoms with E-state index in [2.05, 4.69) is 24.9 Å². The Kier molecular flexibility index (Phi) is 6.19. The van der Waals surface area contributed by atoms with E-state index in [0.29, 0.717) is 16.9 Å². The lowest BCUT2D eigenvalue weighted by molar-refractivity contribution is 0.0949. The Morgan fingerprint density at radius 1 is 0.900 bits per heavy atom. The lowest BCUT2D eigenvalue weighted by Gasteiger charge is -2.22. The maximum Gasteiger partial charge on any atom is 0.243 e. The first-order chi connectivity index (χ1) is 19.3. The number of benzene rings is 2. The Morgan fingerprint density at radius 3 is 2.38 bits per heavy atom. The molecule has 0 saturated heterocycles. The predicted molar refractivity (Wildman–Crippen MR) is 151 cm³/mol. The van der Waals surface area contributed by atoms with E-state index in [1.54, 1.807) is 37.1 Å². The number of hydrogen-bond donors (Lipinski definition) is 1. The van der Waals surface area contributed by atoms with Crippen LogP contribution in [0.4, 0.5) is 5.95 Å². The molecule has 13 heteroatoms. The van der Waals surface area contributed by atoms with Gasteiger partial charge in [-0.25, -0.2) is 18.4 Å². The van der Waals surface area contributed by atoms with Gasteiger partial charge in [-0.15, -0.1) is 10.2 Å². The van der Waals surface area contributed by atoms with Gasteiger partial charge < -0.3 is 18.6 Å². The second-order valence-electron chi connectivity index (χ2n) is 9.43. The number of hydrogen-bond acceptors (Lipinski definition) is 9. The molecule has 2 aromatic carbocycles. The van der Waals surface area contributed by atoms with Gasteiger partial charge in [0.25, 0.3) is 0 Å². The van der Waals surface area contributed by atoms with Gasteiger partial charge in [0.2, 0.25) is 16.0 Å². The fourth-order valence-electron chi connectivity index (χ4n) is 4.99. The fraction of sp³-hybridized carbons (Fsp3) is 0.259. The van der Waals surface area contributed by atoms with E-state index in [-0.39, 0.29) is 11.8 Å². The number of para-hydroxylation sites is 1. The van der Waals surface area contributed by atoms with Crippen molar-refractivity contribution in [3.05, 3.63) is 66.2 Å². The van der Waals surface area contributed by atoms with E-state index in [1.165, 1.54) is 14.0 Å². The van der Waals surface area contributed by atoms with Crippen LogP contribution in [0.3, 0.4) is 0 Å². The number of rotatable bonds is 8. The molecular weight excluding hydrogens is 534 g/mol. The summed E-state index contributed by atoms with van der Waals surface area (Å²) in [5.74, 6) is 1.52. The number of aryl methyl sites for hydroxylation is 1. The molecule has 0 radical (unpaired) electrons. The summed E-state index contributed by atoms with van der Waals surface area (Å²) in [4.78, 5) is 8.54. The monoisotopic (exact) mass is 561 g/mol. The number of anilines is 1. The molecular formula is C27H27N7O5S. The normalized spacial score (nSPS) is 13.7. The summed E-state index contributed by atoms with van der Waals surface area (Å²) in [7, 11) is 0.540. The van der Waals surface area contributed by atoms with E-state index in [4.69, 9.17) is 14.2 Å². The van der Waals surface area contributed by atoms with Crippen LogP contribution in [0, 0.1) is 6.92 Å². The molecule has 0 unspecified atom stereocenters. The number of sulfonamides is 1. The molecule has 40 heavy (non-hydrogen) atoms. The molecule has 0 spiro atoms. The van der Waals surface area contributed by atoms with E-state index in [0.717, 1.165) is 33.2 Å². The molecule has 4 heterocycles. The second kappa shape index (κ2) is 9.61. The first kappa shape index (κ1) is 25.8. The van der Waals surface area contributed by atoms with Crippen LogP contribution in [-0.4, -0.2) is 64.0 Å². The van der Waals surface area contributed by atoms with Crippen LogP contribution in [0.2, 0.25) is 0 Å². The largest absolute Gasteiger partial charge is 0.497 e. The minimum Gasteiger partial charge on any atom is -0.497 e.